The Morgan fingerprint density at radius 3 is 2.95 bits per heavy atom. The molecule has 1 unspecified atom stereocenters. The van der Waals surface area contributed by atoms with E-state index in [-0.39, 0.29) is 16.7 Å². The Bertz CT molecular complexity index is 616. The van der Waals surface area contributed by atoms with Crippen LogP contribution in [0.5, 0.6) is 0 Å². The van der Waals surface area contributed by atoms with Gasteiger partial charge in [0, 0.05) is 25.8 Å². The van der Waals surface area contributed by atoms with Crippen LogP contribution in [0.1, 0.15) is 17.5 Å². The van der Waals surface area contributed by atoms with E-state index in [0.717, 1.165) is 6.42 Å². The van der Waals surface area contributed by atoms with Gasteiger partial charge in [0.25, 0.3) is 0 Å². The number of sulfonamides is 1. The van der Waals surface area contributed by atoms with E-state index in [2.05, 4.69) is 0 Å². The Hall–Kier alpha value is -1.02. The smallest absolute Gasteiger partial charge is 0.218 e. The van der Waals surface area contributed by atoms with Gasteiger partial charge < -0.3 is 10.5 Å². The molecule has 0 spiro atoms. The molecule has 2 rings (SSSR count). The summed E-state index contributed by atoms with van der Waals surface area (Å²) in [6.07, 6.45) is 0.847. The number of thiocarbonyl (C=S) groups is 1. The maximum absolute atomic E-state index is 12.5. The number of methoxy groups -OCH3 is 1. The van der Waals surface area contributed by atoms with Crippen molar-refractivity contribution >= 4 is 27.2 Å². The summed E-state index contributed by atoms with van der Waals surface area (Å²) in [5, 5.41) is 0. The van der Waals surface area contributed by atoms with Gasteiger partial charge in [0.2, 0.25) is 10.0 Å². The van der Waals surface area contributed by atoms with Crippen LogP contribution in [0.3, 0.4) is 0 Å². The Labute approximate surface area is 131 Å². The molecule has 1 aromatic carbocycles. The Morgan fingerprint density at radius 1 is 1.52 bits per heavy atom. The molecule has 0 aromatic heterocycles. The molecule has 1 aliphatic rings. The first-order chi connectivity index (χ1) is 9.92. The molecule has 7 heteroatoms. The summed E-state index contributed by atoms with van der Waals surface area (Å²) in [6.45, 7) is 1.69. The number of nitrogens with zero attached hydrogens (tertiary/aromatic N) is 1. The summed E-state index contributed by atoms with van der Waals surface area (Å²) in [5.41, 5.74) is 6.97. The summed E-state index contributed by atoms with van der Waals surface area (Å²) in [7, 11) is -1.68. The van der Waals surface area contributed by atoms with Crippen LogP contribution in [0.15, 0.2) is 24.3 Å². The van der Waals surface area contributed by atoms with Crippen molar-refractivity contribution in [2.24, 2.45) is 11.7 Å². The van der Waals surface area contributed by atoms with Crippen molar-refractivity contribution in [2.45, 2.75) is 12.2 Å². The molecule has 0 saturated carbocycles. The van der Waals surface area contributed by atoms with E-state index in [4.69, 9.17) is 22.7 Å². The topological polar surface area (TPSA) is 72.6 Å². The fourth-order valence-electron chi connectivity index (χ4n) is 2.54. The average Bonchev–Trinajstić information content (AvgIpc) is 2.88. The standard InChI is InChI=1S/C14H20N2O3S2/c1-19-9-12-5-6-16(8-12)21(17,18)10-11-3-2-4-13(7-11)14(15)20/h2-4,7,12H,5-6,8-10H2,1H3,(H2,15,20). The molecule has 1 saturated heterocycles. The molecule has 0 aliphatic carbocycles. The first-order valence-corrected chi connectivity index (χ1v) is 8.79. The Morgan fingerprint density at radius 2 is 2.29 bits per heavy atom. The quantitative estimate of drug-likeness (QED) is 0.792. The summed E-state index contributed by atoms with van der Waals surface area (Å²) >= 11 is 4.92. The minimum absolute atomic E-state index is 0.0246. The van der Waals surface area contributed by atoms with E-state index in [1.54, 1.807) is 35.7 Å². The monoisotopic (exact) mass is 328 g/mol. The maximum Gasteiger partial charge on any atom is 0.218 e. The van der Waals surface area contributed by atoms with Crippen molar-refractivity contribution in [3.8, 4) is 0 Å². The van der Waals surface area contributed by atoms with Crippen molar-refractivity contribution in [3.63, 3.8) is 0 Å². The van der Waals surface area contributed by atoms with Crippen molar-refractivity contribution in [2.75, 3.05) is 26.8 Å². The number of ether oxygens (including phenoxy) is 1. The fraction of sp³-hybridized carbons (Fsp3) is 0.500. The molecule has 116 valence electrons. The van der Waals surface area contributed by atoms with Crippen LogP contribution in [0, 0.1) is 5.92 Å². The van der Waals surface area contributed by atoms with E-state index in [9.17, 15) is 8.42 Å². The van der Waals surface area contributed by atoms with Gasteiger partial charge in [0.05, 0.1) is 12.4 Å². The molecule has 1 aliphatic heterocycles. The summed E-state index contributed by atoms with van der Waals surface area (Å²) in [5.74, 6) is 0.260. The molecular formula is C14H20N2O3S2. The number of hydrogen-bond donors (Lipinski definition) is 1. The lowest BCUT2D eigenvalue weighted by atomic mass is 10.1. The van der Waals surface area contributed by atoms with Gasteiger partial charge in [-0.15, -0.1) is 0 Å². The zero-order chi connectivity index (χ0) is 15.5. The lowest BCUT2D eigenvalue weighted by Crippen LogP contribution is -2.30. The molecule has 0 radical (unpaired) electrons. The highest BCUT2D eigenvalue weighted by Gasteiger charge is 2.31. The zero-order valence-electron chi connectivity index (χ0n) is 12.0. The zero-order valence-corrected chi connectivity index (χ0v) is 13.6. The molecule has 2 N–H and O–H groups in total. The number of nitrogens with two attached hydrogens (primary N) is 1. The molecule has 1 fully saturated rings. The highest BCUT2D eigenvalue weighted by Crippen LogP contribution is 2.22. The van der Waals surface area contributed by atoms with Crippen LogP contribution in [0.4, 0.5) is 0 Å². The Balaban J connectivity index is 2.08. The molecule has 1 heterocycles. The lowest BCUT2D eigenvalue weighted by molar-refractivity contribution is 0.157. The second-order valence-electron chi connectivity index (χ2n) is 5.29. The van der Waals surface area contributed by atoms with E-state index in [0.29, 0.717) is 30.8 Å². The average molecular weight is 328 g/mol. The van der Waals surface area contributed by atoms with Crippen LogP contribution < -0.4 is 5.73 Å². The third-order valence-corrected chi connectivity index (χ3v) is 5.66. The van der Waals surface area contributed by atoms with Crippen LogP contribution >= 0.6 is 12.2 Å². The summed E-state index contributed by atoms with van der Waals surface area (Å²) in [6, 6.07) is 7.07. The van der Waals surface area contributed by atoms with Gasteiger partial charge in [-0.25, -0.2) is 12.7 Å². The fourth-order valence-corrected chi connectivity index (χ4v) is 4.27. The number of benzene rings is 1. The van der Waals surface area contributed by atoms with E-state index >= 15 is 0 Å². The van der Waals surface area contributed by atoms with Crippen molar-refractivity contribution in [1.82, 2.24) is 4.31 Å². The van der Waals surface area contributed by atoms with Crippen molar-refractivity contribution in [1.29, 1.82) is 0 Å². The van der Waals surface area contributed by atoms with Gasteiger partial charge in [-0.05, 0) is 24.0 Å². The first kappa shape index (κ1) is 16.4. The van der Waals surface area contributed by atoms with Gasteiger partial charge in [-0.2, -0.15) is 0 Å². The predicted octanol–water partition coefficient (Wildman–Crippen LogP) is 1.12. The maximum atomic E-state index is 12.5. The molecule has 1 aromatic rings. The second-order valence-corrected chi connectivity index (χ2v) is 7.70. The lowest BCUT2D eigenvalue weighted by Gasteiger charge is -2.16. The predicted molar refractivity (Wildman–Crippen MR) is 86.5 cm³/mol. The van der Waals surface area contributed by atoms with Crippen LogP contribution in [0.2, 0.25) is 0 Å². The van der Waals surface area contributed by atoms with Crippen LogP contribution in [-0.4, -0.2) is 44.5 Å². The van der Waals surface area contributed by atoms with Crippen molar-refractivity contribution < 1.29 is 13.2 Å². The SMILES string of the molecule is COCC1CCN(S(=O)(=O)Cc2cccc(C(N)=S)c2)C1. The molecule has 21 heavy (non-hydrogen) atoms. The minimum atomic E-state index is -3.31. The highest BCUT2D eigenvalue weighted by molar-refractivity contribution is 7.88. The summed E-state index contributed by atoms with van der Waals surface area (Å²) in [4.78, 5) is 0.274. The van der Waals surface area contributed by atoms with Gasteiger partial charge in [-0.1, -0.05) is 30.4 Å². The number of hydrogen-bond acceptors (Lipinski definition) is 4. The third kappa shape index (κ3) is 4.23. The molecule has 0 bridgehead atoms. The Kier molecular flexibility index (Phi) is 5.32. The third-order valence-electron chi connectivity index (χ3n) is 3.60. The summed E-state index contributed by atoms with van der Waals surface area (Å²) < 4.78 is 31.6. The van der Waals surface area contributed by atoms with Gasteiger partial charge >= 0.3 is 0 Å². The molecule has 0 amide bonds. The van der Waals surface area contributed by atoms with Crippen molar-refractivity contribution in [3.05, 3.63) is 35.4 Å². The molecule has 1 atom stereocenters. The van der Waals surface area contributed by atoms with E-state index in [1.165, 1.54) is 0 Å². The second kappa shape index (κ2) is 6.83. The normalized spacial score (nSPS) is 19.8. The van der Waals surface area contributed by atoms with Gasteiger partial charge in [-0.3, -0.25) is 0 Å². The van der Waals surface area contributed by atoms with E-state index < -0.39 is 10.0 Å². The van der Waals surface area contributed by atoms with E-state index in [1.807, 2.05) is 0 Å². The first-order valence-electron chi connectivity index (χ1n) is 6.78. The molecular weight excluding hydrogens is 308 g/mol. The molecule has 5 nitrogen and oxygen atoms in total. The van der Waals surface area contributed by atoms with Gasteiger partial charge in [0.15, 0.2) is 0 Å². The van der Waals surface area contributed by atoms with Crippen LogP contribution in [-0.2, 0) is 20.5 Å². The van der Waals surface area contributed by atoms with Gasteiger partial charge in [0.1, 0.15) is 4.99 Å². The van der Waals surface area contributed by atoms with Crippen LogP contribution in [0.25, 0.3) is 0 Å². The minimum Gasteiger partial charge on any atom is -0.389 e. The number of rotatable bonds is 6. The largest absolute Gasteiger partial charge is 0.389 e. The highest BCUT2D eigenvalue weighted by atomic mass is 32.2.